The molecule has 0 unspecified atom stereocenters. The third-order valence-corrected chi connectivity index (χ3v) is 2.60. The molecule has 0 spiro atoms. The third kappa shape index (κ3) is 4.75. The Morgan fingerprint density at radius 3 is 2.38 bits per heavy atom. The first-order valence-electron chi connectivity index (χ1n) is 5.71. The second-order valence-electron chi connectivity index (χ2n) is 4.10. The van der Waals surface area contributed by atoms with Gasteiger partial charge in [0.2, 0.25) is 0 Å². The molecule has 0 bridgehead atoms. The Hall–Kier alpha value is -0.900. The third-order valence-electron chi connectivity index (χ3n) is 2.60. The molecule has 2 N–H and O–H groups in total. The maximum Gasteiger partial charge on any atom is 0.0474 e. The lowest BCUT2D eigenvalue weighted by atomic mass is 10.1. The highest BCUT2D eigenvalue weighted by molar-refractivity contribution is 5.22. The predicted octanol–water partition coefficient (Wildman–Crippen LogP) is 1.61. The van der Waals surface area contributed by atoms with Crippen LogP contribution in [-0.4, -0.2) is 32.2 Å². The second-order valence-corrected chi connectivity index (χ2v) is 4.10. The molecule has 0 fully saturated rings. The molecular formula is C13H22N2O. The van der Waals surface area contributed by atoms with E-state index in [0.717, 1.165) is 26.1 Å². The molecule has 0 heterocycles. The Kier molecular flexibility index (Phi) is 6.08. The van der Waals surface area contributed by atoms with Crippen LogP contribution in [0.5, 0.6) is 0 Å². The minimum absolute atomic E-state index is 0.615. The van der Waals surface area contributed by atoms with E-state index in [4.69, 9.17) is 10.5 Å². The van der Waals surface area contributed by atoms with Crippen LogP contribution in [0.1, 0.15) is 17.5 Å². The summed E-state index contributed by atoms with van der Waals surface area (Å²) in [5.41, 5.74) is 8.07. The summed E-state index contributed by atoms with van der Waals surface area (Å²) >= 11 is 0. The summed E-state index contributed by atoms with van der Waals surface area (Å²) in [7, 11) is 3.87. The molecule has 0 aliphatic rings. The fourth-order valence-electron chi connectivity index (χ4n) is 1.65. The van der Waals surface area contributed by atoms with Gasteiger partial charge in [-0.2, -0.15) is 0 Å². The van der Waals surface area contributed by atoms with Crippen molar-refractivity contribution in [3.05, 3.63) is 35.4 Å². The molecule has 0 atom stereocenters. The number of hydrogen-bond acceptors (Lipinski definition) is 3. The fourth-order valence-corrected chi connectivity index (χ4v) is 1.65. The zero-order valence-electron chi connectivity index (χ0n) is 10.3. The smallest absolute Gasteiger partial charge is 0.0474 e. The fraction of sp³-hybridized carbons (Fsp3) is 0.538. The highest BCUT2D eigenvalue weighted by Crippen LogP contribution is 2.06. The summed E-state index contributed by atoms with van der Waals surface area (Å²) in [5.74, 6) is 0. The van der Waals surface area contributed by atoms with Crippen LogP contribution in [0.4, 0.5) is 0 Å². The van der Waals surface area contributed by atoms with Gasteiger partial charge in [0.05, 0.1) is 0 Å². The molecule has 0 amide bonds. The molecule has 0 saturated heterocycles. The van der Waals surface area contributed by atoms with Gasteiger partial charge in [-0.1, -0.05) is 24.3 Å². The Balaban J connectivity index is 2.34. The lowest BCUT2D eigenvalue weighted by Gasteiger charge is -2.16. The van der Waals surface area contributed by atoms with Crippen LogP contribution in [-0.2, 0) is 17.8 Å². The van der Waals surface area contributed by atoms with Crippen LogP contribution in [0.3, 0.4) is 0 Å². The Morgan fingerprint density at radius 1 is 1.19 bits per heavy atom. The van der Waals surface area contributed by atoms with Crippen LogP contribution in [0.25, 0.3) is 0 Å². The normalized spacial score (nSPS) is 11.0. The quantitative estimate of drug-likeness (QED) is 0.712. The van der Waals surface area contributed by atoms with Gasteiger partial charge < -0.3 is 15.4 Å². The summed E-state index contributed by atoms with van der Waals surface area (Å²) in [6.45, 7) is 3.49. The van der Waals surface area contributed by atoms with E-state index in [0.29, 0.717) is 6.54 Å². The van der Waals surface area contributed by atoms with E-state index < -0.39 is 0 Å². The first kappa shape index (κ1) is 13.2. The molecule has 0 aromatic heterocycles. The van der Waals surface area contributed by atoms with Crippen molar-refractivity contribution in [2.24, 2.45) is 5.73 Å². The van der Waals surface area contributed by atoms with Gasteiger partial charge in [-0.3, -0.25) is 0 Å². The minimum Gasteiger partial charge on any atom is -0.385 e. The van der Waals surface area contributed by atoms with Crippen LogP contribution < -0.4 is 5.73 Å². The van der Waals surface area contributed by atoms with E-state index in [1.165, 1.54) is 11.1 Å². The number of ether oxygens (including phenoxy) is 1. The molecule has 0 saturated carbocycles. The molecule has 0 aliphatic heterocycles. The van der Waals surface area contributed by atoms with Crippen molar-refractivity contribution in [1.29, 1.82) is 0 Å². The highest BCUT2D eigenvalue weighted by Gasteiger charge is 2.00. The Bertz CT molecular complexity index is 284. The number of methoxy groups -OCH3 is 1. The first-order chi connectivity index (χ1) is 7.76. The molecule has 1 rings (SSSR count). The van der Waals surface area contributed by atoms with Gasteiger partial charge in [-0.15, -0.1) is 0 Å². The maximum atomic E-state index is 5.56. The van der Waals surface area contributed by atoms with E-state index in [2.05, 4.69) is 36.2 Å². The molecule has 3 nitrogen and oxygen atoms in total. The summed E-state index contributed by atoms with van der Waals surface area (Å²) in [6.07, 6.45) is 1.08. The molecule has 1 aromatic carbocycles. The summed E-state index contributed by atoms with van der Waals surface area (Å²) < 4.78 is 5.03. The summed E-state index contributed by atoms with van der Waals surface area (Å²) in [6, 6.07) is 8.49. The van der Waals surface area contributed by atoms with Crippen molar-refractivity contribution in [1.82, 2.24) is 4.90 Å². The van der Waals surface area contributed by atoms with Gasteiger partial charge in [0.15, 0.2) is 0 Å². The summed E-state index contributed by atoms with van der Waals surface area (Å²) in [4.78, 5) is 2.30. The topological polar surface area (TPSA) is 38.5 Å². The zero-order chi connectivity index (χ0) is 11.8. The maximum absolute atomic E-state index is 5.56. The lowest BCUT2D eigenvalue weighted by Crippen LogP contribution is -2.20. The van der Waals surface area contributed by atoms with Gasteiger partial charge in [-0.25, -0.2) is 0 Å². The monoisotopic (exact) mass is 222 g/mol. The lowest BCUT2D eigenvalue weighted by molar-refractivity contribution is 0.178. The van der Waals surface area contributed by atoms with Gasteiger partial charge in [-0.05, 0) is 24.6 Å². The zero-order valence-corrected chi connectivity index (χ0v) is 10.3. The van der Waals surface area contributed by atoms with E-state index in [9.17, 15) is 0 Å². The van der Waals surface area contributed by atoms with Crippen molar-refractivity contribution >= 4 is 0 Å². The summed E-state index contributed by atoms with van der Waals surface area (Å²) in [5, 5.41) is 0. The van der Waals surface area contributed by atoms with E-state index in [1.807, 2.05) is 0 Å². The van der Waals surface area contributed by atoms with E-state index >= 15 is 0 Å². The number of nitrogens with two attached hydrogens (primary N) is 1. The van der Waals surface area contributed by atoms with Gasteiger partial charge in [0.1, 0.15) is 0 Å². The molecule has 1 aromatic rings. The average molecular weight is 222 g/mol. The van der Waals surface area contributed by atoms with Crippen molar-refractivity contribution < 1.29 is 4.74 Å². The van der Waals surface area contributed by atoms with Crippen molar-refractivity contribution in [2.45, 2.75) is 19.5 Å². The van der Waals surface area contributed by atoms with E-state index in [1.54, 1.807) is 7.11 Å². The van der Waals surface area contributed by atoms with Gasteiger partial charge in [0, 0.05) is 33.4 Å². The van der Waals surface area contributed by atoms with Crippen LogP contribution >= 0.6 is 0 Å². The largest absolute Gasteiger partial charge is 0.385 e. The molecule has 16 heavy (non-hydrogen) atoms. The van der Waals surface area contributed by atoms with Crippen LogP contribution in [0, 0.1) is 0 Å². The highest BCUT2D eigenvalue weighted by atomic mass is 16.5. The predicted molar refractivity (Wildman–Crippen MR) is 67.2 cm³/mol. The molecule has 90 valence electrons. The van der Waals surface area contributed by atoms with E-state index in [-0.39, 0.29) is 0 Å². The Labute approximate surface area is 98.2 Å². The van der Waals surface area contributed by atoms with Crippen LogP contribution in [0.2, 0.25) is 0 Å². The SMILES string of the molecule is COCCCN(C)Cc1ccc(CN)cc1. The standard InChI is InChI=1S/C13H22N2O/c1-15(8-3-9-16-2)11-13-6-4-12(10-14)5-7-13/h4-7H,3,8-11,14H2,1-2H3. The molecule has 0 aliphatic carbocycles. The first-order valence-corrected chi connectivity index (χ1v) is 5.71. The average Bonchev–Trinajstić information content (AvgIpc) is 2.30. The second kappa shape index (κ2) is 7.39. The number of nitrogens with zero attached hydrogens (tertiary/aromatic N) is 1. The van der Waals surface area contributed by atoms with Crippen LogP contribution in [0.15, 0.2) is 24.3 Å². The van der Waals surface area contributed by atoms with Gasteiger partial charge >= 0.3 is 0 Å². The number of hydrogen-bond donors (Lipinski definition) is 1. The van der Waals surface area contributed by atoms with Crippen molar-refractivity contribution in [3.8, 4) is 0 Å². The van der Waals surface area contributed by atoms with Gasteiger partial charge in [0.25, 0.3) is 0 Å². The molecular weight excluding hydrogens is 200 g/mol. The molecule has 0 radical (unpaired) electrons. The minimum atomic E-state index is 0.615. The van der Waals surface area contributed by atoms with Crippen molar-refractivity contribution in [2.75, 3.05) is 27.3 Å². The number of rotatable bonds is 7. The molecule has 3 heteroatoms. The Morgan fingerprint density at radius 2 is 1.81 bits per heavy atom. The number of benzene rings is 1. The van der Waals surface area contributed by atoms with Crippen molar-refractivity contribution in [3.63, 3.8) is 0 Å².